The van der Waals surface area contributed by atoms with Crippen molar-refractivity contribution in [2.24, 2.45) is 11.5 Å². The van der Waals surface area contributed by atoms with Gasteiger partial charge in [-0.3, -0.25) is 0 Å². The Balaban J connectivity index is 2.19. The van der Waals surface area contributed by atoms with Gasteiger partial charge in [0.2, 0.25) is 0 Å². The number of nitrogens with zero attached hydrogens (tertiary/aromatic N) is 2. The third-order valence-corrected chi connectivity index (χ3v) is 3.43. The van der Waals surface area contributed by atoms with Crippen molar-refractivity contribution in [1.29, 1.82) is 0 Å². The van der Waals surface area contributed by atoms with Gasteiger partial charge >= 0.3 is 0 Å². The molecule has 0 aromatic heterocycles. The largest absolute Gasteiger partial charge is 0.369 e. The lowest BCUT2D eigenvalue weighted by Gasteiger charge is -2.35. The quantitative estimate of drug-likeness (QED) is 0.794. The Labute approximate surface area is 103 Å². The molecule has 1 aliphatic rings. The van der Waals surface area contributed by atoms with E-state index in [4.69, 9.17) is 11.5 Å². The van der Waals surface area contributed by atoms with Gasteiger partial charge < -0.3 is 21.3 Å². The van der Waals surface area contributed by atoms with Gasteiger partial charge in [-0.25, -0.2) is 0 Å². The van der Waals surface area contributed by atoms with Gasteiger partial charge in [0.15, 0.2) is 0 Å². The molecule has 4 heteroatoms. The zero-order chi connectivity index (χ0) is 12.3. The molecule has 0 bridgehead atoms. The molecule has 2 rings (SSSR count). The van der Waals surface area contributed by atoms with Gasteiger partial charge in [-0.2, -0.15) is 0 Å². The highest BCUT2D eigenvalue weighted by atomic mass is 15.2. The summed E-state index contributed by atoms with van der Waals surface area (Å²) < 4.78 is 0. The molecule has 0 spiro atoms. The van der Waals surface area contributed by atoms with E-state index in [-0.39, 0.29) is 6.04 Å². The molecular weight excluding hydrogens is 212 g/mol. The predicted octanol–water partition coefficient (Wildman–Crippen LogP) is 0.397. The van der Waals surface area contributed by atoms with Crippen LogP contribution in [0.3, 0.4) is 0 Å². The maximum Gasteiger partial charge on any atom is 0.0440 e. The molecule has 1 atom stereocenters. The summed E-state index contributed by atoms with van der Waals surface area (Å²) in [6.07, 6.45) is 0. The Morgan fingerprint density at radius 3 is 2.47 bits per heavy atom. The van der Waals surface area contributed by atoms with Gasteiger partial charge in [-0.15, -0.1) is 0 Å². The first-order valence-electron chi connectivity index (χ1n) is 6.20. The number of nitrogens with two attached hydrogens (primary N) is 2. The van der Waals surface area contributed by atoms with Crippen molar-refractivity contribution in [3.05, 3.63) is 29.8 Å². The average molecular weight is 234 g/mol. The van der Waals surface area contributed by atoms with Gasteiger partial charge in [0.25, 0.3) is 0 Å². The highest BCUT2D eigenvalue weighted by molar-refractivity contribution is 5.55. The fourth-order valence-corrected chi connectivity index (χ4v) is 2.26. The number of anilines is 1. The summed E-state index contributed by atoms with van der Waals surface area (Å²) in [5.74, 6) is 0. The summed E-state index contributed by atoms with van der Waals surface area (Å²) in [4.78, 5) is 4.76. The second kappa shape index (κ2) is 5.49. The number of piperazine rings is 1. The minimum atomic E-state index is -0.0640. The molecule has 0 radical (unpaired) electrons. The van der Waals surface area contributed by atoms with Crippen LogP contribution >= 0.6 is 0 Å². The van der Waals surface area contributed by atoms with E-state index < -0.39 is 0 Å². The van der Waals surface area contributed by atoms with E-state index in [0.29, 0.717) is 6.54 Å². The molecule has 1 aromatic carbocycles. The van der Waals surface area contributed by atoms with Crippen LogP contribution in [-0.2, 0) is 0 Å². The summed E-state index contributed by atoms with van der Waals surface area (Å²) in [6.45, 7) is 4.82. The minimum absolute atomic E-state index is 0.0640. The maximum absolute atomic E-state index is 6.07. The Kier molecular flexibility index (Phi) is 3.99. The molecule has 94 valence electrons. The van der Waals surface area contributed by atoms with Crippen molar-refractivity contribution in [2.45, 2.75) is 6.04 Å². The fraction of sp³-hybridized carbons (Fsp3) is 0.538. The Morgan fingerprint density at radius 1 is 1.18 bits per heavy atom. The topological polar surface area (TPSA) is 58.5 Å². The molecule has 1 heterocycles. The second-order valence-electron chi connectivity index (χ2n) is 4.69. The van der Waals surface area contributed by atoms with Gasteiger partial charge in [-0.1, -0.05) is 18.2 Å². The molecule has 17 heavy (non-hydrogen) atoms. The lowest BCUT2D eigenvalue weighted by molar-refractivity contribution is 0.312. The molecule has 0 amide bonds. The summed E-state index contributed by atoms with van der Waals surface area (Å²) in [5, 5.41) is 0. The molecule has 0 aliphatic carbocycles. The summed E-state index contributed by atoms with van der Waals surface area (Å²) in [7, 11) is 2.16. The number of para-hydroxylation sites is 1. The molecule has 0 unspecified atom stereocenters. The second-order valence-corrected chi connectivity index (χ2v) is 4.69. The normalized spacial score (nSPS) is 19.4. The van der Waals surface area contributed by atoms with E-state index in [9.17, 15) is 0 Å². The number of hydrogen-bond donors (Lipinski definition) is 2. The number of benzene rings is 1. The first kappa shape index (κ1) is 12.4. The van der Waals surface area contributed by atoms with E-state index in [1.165, 1.54) is 11.3 Å². The van der Waals surface area contributed by atoms with Crippen LogP contribution in [-0.4, -0.2) is 44.7 Å². The van der Waals surface area contributed by atoms with Crippen molar-refractivity contribution < 1.29 is 0 Å². The van der Waals surface area contributed by atoms with Crippen LogP contribution in [0.1, 0.15) is 11.6 Å². The van der Waals surface area contributed by atoms with Gasteiger partial charge in [0.1, 0.15) is 0 Å². The third kappa shape index (κ3) is 2.77. The summed E-state index contributed by atoms with van der Waals surface area (Å²) in [6, 6.07) is 8.28. The first-order chi connectivity index (χ1) is 8.22. The zero-order valence-corrected chi connectivity index (χ0v) is 10.5. The fourth-order valence-electron chi connectivity index (χ4n) is 2.26. The Hall–Kier alpha value is -1.10. The van der Waals surface area contributed by atoms with E-state index >= 15 is 0 Å². The van der Waals surface area contributed by atoms with E-state index in [1.54, 1.807) is 0 Å². The molecular formula is C13H22N4. The highest BCUT2D eigenvalue weighted by Gasteiger charge is 2.18. The van der Waals surface area contributed by atoms with Crippen LogP contribution in [0.2, 0.25) is 0 Å². The SMILES string of the molecule is CN1CCN(c2ccccc2[C@H](N)CN)CC1. The van der Waals surface area contributed by atoms with E-state index in [2.05, 4.69) is 35.0 Å². The van der Waals surface area contributed by atoms with Crippen LogP contribution in [0.4, 0.5) is 5.69 Å². The molecule has 1 aliphatic heterocycles. The van der Waals surface area contributed by atoms with Crippen LogP contribution in [0.15, 0.2) is 24.3 Å². The molecule has 1 saturated heterocycles. The van der Waals surface area contributed by atoms with Crippen LogP contribution in [0.25, 0.3) is 0 Å². The van der Waals surface area contributed by atoms with Crippen molar-refractivity contribution in [1.82, 2.24) is 4.90 Å². The number of likely N-dealkylation sites (N-methyl/N-ethyl adjacent to an activating group) is 1. The predicted molar refractivity (Wildman–Crippen MR) is 72.1 cm³/mol. The number of rotatable bonds is 3. The summed E-state index contributed by atoms with van der Waals surface area (Å²) >= 11 is 0. The van der Waals surface area contributed by atoms with Crippen LogP contribution in [0, 0.1) is 0 Å². The van der Waals surface area contributed by atoms with E-state index in [1.807, 2.05) is 6.07 Å². The Morgan fingerprint density at radius 2 is 1.82 bits per heavy atom. The van der Waals surface area contributed by atoms with Crippen molar-refractivity contribution in [3.8, 4) is 0 Å². The molecule has 4 nitrogen and oxygen atoms in total. The van der Waals surface area contributed by atoms with Crippen molar-refractivity contribution >= 4 is 5.69 Å². The monoisotopic (exact) mass is 234 g/mol. The minimum Gasteiger partial charge on any atom is -0.369 e. The first-order valence-corrected chi connectivity index (χ1v) is 6.20. The Bertz CT molecular complexity index is 358. The standard InChI is InChI=1S/C13H22N4/c1-16-6-8-17(9-7-16)13-5-3-2-4-11(13)12(15)10-14/h2-5,12H,6-10,14-15H2,1H3/t12-/m1/s1. The van der Waals surface area contributed by atoms with Crippen molar-refractivity contribution in [3.63, 3.8) is 0 Å². The molecule has 0 saturated carbocycles. The third-order valence-electron chi connectivity index (χ3n) is 3.43. The van der Waals surface area contributed by atoms with Gasteiger partial charge in [0, 0.05) is 44.5 Å². The highest BCUT2D eigenvalue weighted by Crippen LogP contribution is 2.25. The lowest BCUT2D eigenvalue weighted by Crippen LogP contribution is -2.45. The molecule has 1 aromatic rings. The maximum atomic E-state index is 6.07. The van der Waals surface area contributed by atoms with Gasteiger partial charge in [-0.05, 0) is 18.7 Å². The van der Waals surface area contributed by atoms with Crippen LogP contribution in [0.5, 0.6) is 0 Å². The van der Waals surface area contributed by atoms with Gasteiger partial charge in [0.05, 0.1) is 0 Å². The number of hydrogen-bond acceptors (Lipinski definition) is 4. The van der Waals surface area contributed by atoms with E-state index in [0.717, 1.165) is 26.2 Å². The lowest BCUT2D eigenvalue weighted by atomic mass is 10.0. The smallest absolute Gasteiger partial charge is 0.0440 e. The molecule has 4 N–H and O–H groups in total. The summed E-state index contributed by atoms with van der Waals surface area (Å²) in [5.41, 5.74) is 14.2. The zero-order valence-electron chi connectivity index (χ0n) is 10.5. The average Bonchev–Trinajstić information content (AvgIpc) is 2.39. The van der Waals surface area contributed by atoms with Crippen molar-refractivity contribution in [2.75, 3.05) is 44.7 Å². The van der Waals surface area contributed by atoms with Crippen LogP contribution < -0.4 is 16.4 Å². The molecule has 1 fully saturated rings.